The summed E-state index contributed by atoms with van der Waals surface area (Å²) in [7, 11) is -1.08. The summed E-state index contributed by atoms with van der Waals surface area (Å²) in [6.45, 7) is 6.93. The third-order valence-corrected chi connectivity index (χ3v) is 8.59. The van der Waals surface area contributed by atoms with Crippen LogP contribution in [0.1, 0.15) is 68.8 Å². The molecule has 1 fully saturated rings. The van der Waals surface area contributed by atoms with Crippen LogP contribution in [0, 0.1) is 23.2 Å². The van der Waals surface area contributed by atoms with Gasteiger partial charge in [0.2, 0.25) is 5.91 Å². The summed E-state index contributed by atoms with van der Waals surface area (Å²) in [6.07, 6.45) is 6.26. The number of hydrogen-bond donors (Lipinski definition) is 3. The van der Waals surface area contributed by atoms with Crippen LogP contribution in [-0.2, 0) is 26.8 Å². The predicted octanol–water partition coefficient (Wildman–Crippen LogP) is 5.28. The van der Waals surface area contributed by atoms with Gasteiger partial charge in [-0.25, -0.2) is 0 Å². The third-order valence-electron chi connectivity index (χ3n) is 7.65. The van der Waals surface area contributed by atoms with Gasteiger partial charge >= 0.3 is 5.97 Å². The molecule has 3 rings (SSSR count). The van der Waals surface area contributed by atoms with Gasteiger partial charge in [0, 0.05) is 45.7 Å². The molecule has 0 aliphatic heterocycles. The topological polar surface area (TPSA) is 113 Å². The lowest BCUT2D eigenvalue weighted by Crippen LogP contribution is -2.35. The first-order chi connectivity index (χ1) is 17.9. The van der Waals surface area contributed by atoms with Gasteiger partial charge in [-0.15, -0.1) is 0 Å². The highest BCUT2D eigenvalue weighted by atomic mass is 32.2. The van der Waals surface area contributed by atoms with E-state index in [1.807, 2.05) is 12.1 Å². The van der Waals surface area contributed by atoms with Crippen LogP contribution in [0.2, 0.25) is 0 Å². The summed E-state index contributed by atoms with van der Waals surface area (Å²) >= 11 is 0. The molecule has 2 unspecified atom stereocenters. The Morgan fingerprint density at radius 3 is 2.11 bits per heavy atom. The van der Waals surface area contributed by atoms with E-state index in [2.05, 4.69) is 31.4 Å². The Balaban J connectivity index is 1.73. The second-order valence-electron chi connectivity index (χ2n) is 11.4. The van der Waals surface area contributed by atoms with Crippen LogP contribution in [0.3, 0.4) is 0 Å². The molecule has 206 valence electrons. The van der Waals surface area contributed by atoms with Gasteiger partial charge in [-0.3, -0.25) is 18.6 Å². The van der Waals surface area contributed by atoms with Crippen molar-refractivity contribution in [1.29, 1.82) is 0 Å². The van der Waals surface area contributed by atoms with E-state index in [-0.39, 0.29) is 42.0 Å². The number of benzene rings is 2. The Bertz CT molecular complexity index is 1130. The molecule has 0 heterocycles. The van der Waals surface area contributed by atoms with Crippen molar-refractivity contribution in [2.24, 2.45) is 23.2 Å². The number of carboxylic acid groups (broad SMARTS) is 1. The van der Waals surface area contributed by atoms with E-state index in [1.54, 1.807) is 42.7 Å². The predicted molar refractivity (Wildman–Crippen MR) is 151 cm³/mol. The van der Waals surface area contributed by atoms with Crippen LogP contribution >= 0.6 is 0 Å². The Hall–Kier alpha value is -3.00. The maximum absolute atomic E-state index is 13.6. The fourth-order valence-corrected chi connectivity index (χ4v) is 5.78. The Labute approximate surface area is 228 Å². The molecule has 0 spiro atoms. The fraction of sp³-hybridized carbons (Fsp3) is 0.500. The molecule has 2 atom stereocenters. The van der Waals surface area contributed by atoms with Crippen molar-refractivity contribution >= 4 is 34.3 Å². The SMILES string of the molecule is CS(=O)c1ccc(NC(=O)C(Cc2ccc(C(=O)NCCC(=O)O)cc2)C2CCC(C(C)(C)C)CC2)cc1. The molecule has 0 aromatic heterocycles. The first kappa shape index (κ1) is 29.6. The number of carboxylic acids is 1. The van der Waals surface area contributed by atoms with E-state index in [9.17, 15) is 18.6 Å². The van der Waals surface area contributed by atoms with E-state index < -0.39 is 16.8 Å². The molecule has 1 aliphatic rings. The van der Waals surface area contributed by atoms with E-state index in [0.717, 1.165) is 31.2 Å². The van der Waals surface area contributed by atoms with Gasteiger partial charge in [0.15, 0.2) is 0 Å². The Morgan fingerprint density at radius 1 is 0.974 bits per heavy atom. The van der Waals surface area contributed by atoms with E-state index in [1.165, 1.54) is 0 Å². The average molecular weight is 541 g/mol. The summed E-state index contributed by atoms with van der Waals surface area (Å²) in [5.41, 5.74) is 2.37. The molecule has 7 nitrogen and oxygen atoms in total. The molecule has 2 amide bonds. The van der Waals surface area contributed by atoms with Crippen molar-refractivity contribution in [2.75, 3.05) is 18.1 Å². The largest absolute Gasteiger partial charge is 0.481 e. The first-order valence-electron chi connectivity index (χ1n) is 13.3. The van der Waals surface area contributed by atoms with Crippen molar-refractivity contribution < 1.29 is 23.7 Å². The van der Waals surface area contributed by atoms with Crippen LogP contribution in [0.25, 0.3) is 0 Å². The summed E-state index contributed by atoms with van der Waals surface area (Å²) in [5, 5.41) is 14.4. The zero-order valence-corrected chi connectivity index (χ0v) is 23.6. The molecule has 2 aromatic carbocycles. The van der Waals surface area contributed by atoms with Crippen molar-refractivity contribution in [3.63, 3.8) is 0 Å². The molecule has 38 heavy (non-hydrogen) atoms. The average Bonchev–Trinajstić information content (AvgIpc) is 2.87. The molecule has 0 saturated heterocycles. The molecule has 3 N–H and O–H groups in total. The minimum absolute atomic E-state index is 0.0231. The highest BCUT2D eigenvalue weighted by Gasteiger charge is 2.35. The number of rotatable bonds is 10. The third kappa shape index (κ3) is 8.51. The molecule has 8 heteroatoms. The number of amides is 2. The smallest absolute Gasteiger partial charge is 0.305 e. The van der Waals surface area contributed by atoms with Crippen molar-refractivity contribution in [1.82, 2.24) is 5.32 Å². The highest BCUT2D eigenvalue weighted by Crippen LogP contribution is 2.42. The lowest BCUT2D eigenvalue weighted by molar-refractivity contribution is -0.136. The van der Waals surface area contributed by atoms with Crippen molar-refractivity contribution in [2.45, 2.75) is 64.2 Å². The van der Waals surface area contributed by atoms with Gasteiger partial charge in [-0.2, -0.15) is 0 Å². The number of anilines is 1. The normalized spacial score (nSPS) is 19.3. The summed E-state index contributed by atoms with van der Waals surface area (Å²) < 4.78 is 11.7. The van der Waals surface area contributed by atoms with Crippen LogP contribution < -0.4 is 10.6 Å². The standard InChI is InChI=1S/C30H40N2O5S/c1-30(2,3)23-11-9-21(10-12-23)26(29(36)32-24-13-15-25(16-14-24)38(4)37)19-20-5-7-22(8-6-20)28(35)31-18-17-27(33)34/h5-8,13-16,21,23,26H,9-12,17-19H2,1-4H3,(H,31,35)(H,32,36)(H,33,34). The summed E-state index contributed by atoms with van der Waals surface area (Å²) in [4.78, 5) is 37.3. The zero-order chi connectivity index (χ0) is 27.9. The number of carbonyl (C=O) groups excluding carboxylic acids is 2. The van der Waals surface area contributed by atoms with Gasteiger partial charge in [0.25, 0.3) is 5.91 Å². The summed E-state index contributed by atoms with van der Waals surface area (Å²) in [5.74, 6) is -0.614. The number of nitrogens with one attached hydrogen (secondary N) is 2. The van der Waals surface area contributed by atoms with Crippen LogP contribution in [0.5, 0.6) is 0 Å². The quantitative estimate of drug-likeness (QED) is 0.380. The van der Waals surface area contributed by atoms with Crippen LogP contribution in [-0.4, -0.2) is 39.9 Å². The lowest BCUT2D eigenvalue weighted by Gasteiger charge is -2.39. The van der Waals surface area contributed by atoms with Crippen LogP contribution in [0.4, 0.5) is 5.69 Å². The monoisotopic (exact) mass is 540 g/mol. The zero-order valence-electron chi connectivity index (χ0n) is 22.8. The molecule has 0 bridgehead atoms. The number of aliphatic carboxylic acids is 1. The van der Waals surface area contributed by atoms with E-state index >= 15 is 0 Å². The van der Waals surface area contributed by atoms with E-state index in [4.69, 9.17) is 5.11 Å². The second-order valence-corrected chi connectivity index (χ2v) is 12.7. The molecular weight excluding hydrogens is 500 g/mol. The lowest BCUT2D eigenvalue weighted by atomic mass is 9.66. The minimum Gasteiger partial charge on any atom is -0.481 e. The van der Waals surface area contributed by atoms with Crippen molar-refractivity contribution in [3.05, 3.63) is 59.7 Å². The van der Waals surface area contributed by atoms with Gasteiger partial charge in [-0.05, 0) is 91.3 Å². The minimum atomic E-state index is -1.08. The van der Waals surface area contributed by atoms with Crippen molar-refractivity contribution in [3.8, 4) is 0 Å². The second kappa shape index (κ2) is 13.2. The molecule has 1 aliphatic carbocycles. The number of carbonyl (C=O) groups is 3. The van der Waals surface area contributed by atoms with E-state index in [0.29, 0.717) is 28.5 Å². The van der Waals surface area contributed by atoms with Crippen LogP contribution in [0.15, 0.2) is 53.4 Å². The van der Waals surface area contributed by atoms with Gasteiger partial charge in [0.05, 0.1) is 6.42 Å². The Kier molecular flexibility index (Phi) is 10.3. The number of hydrogen-bond acceptors (Lipinski definition) is 4. The summed E-state index contributed by atoms with van der Waals surface area (Å²) in [6, 6.07) is 14.3. The molecule has 1 saturated carbocycles. The molecular formula is C30H40N2O5S. The van der Waals surface area contributed by atoms with Gasteiger partial charge in [-0.1, -0.05) is 32.9 Å². The van der Waals surface area contributed by atoms with Gasteiger partial charge in [0.1, 0.15) is 0 Å². The Morgan fingerprint density at radius 2 is 1.58 bits per heavy atom. The molecule has 2 aromatic rings. The fourth-order valence-electron chi connectivity index (χ4n) is 5.26. The highest BCUT2D eigenvalue weighted by molar-refractivity contribution is 7.84. The first-order valence-corrected chi connectivity index (χ1v) is 14.8. The molecule has 0 radical (unpaired) electrons. The maximum Gasteiger partial charge on any atom is 0.305 e. The van der Waals surface area contributed by atoms with Gasteiger partial charge < -0.3 is 15.7 Å². The maximum atomic E-state index is 13.6.